The Hall–Kier alpha value is -2.14. The number of ether oxygens (including phenoxy) is 2. The summed E-state index contributed by atoms with van der Waals surface area (Å²) in [5.74, 6) is -24.2. The van der Waals surface area contributed by atoms with Gasteiger partial charge in [0.05, 0.1) is 14.2 Å². The molecule has 3 nitrogen and oxygen atoms in total. The molecule has 142 valence electrons. The Morgan fingerprint density at radius 2 is 1.16 bits per heavy atom. The van der Waals surface area contributed by atoms with Crippen molar-refractivity contribution in [2.24, 2.45) is 0 Å². The summed E-state index contributed by atoms with van der Waals surface area (Å²) >= 11 is 0. The lowest BCUT2D eigenvalue weighted by Crippen LogP contribution is -2.63. The lowest BCUT2D eigenvalue weighted by Gasteiger charge is -2.32. The predicted molar refractivity (Wildman–Crippen MR) is 64.8 cm³/mol. The Balaban J connectivity index is 3.45. The highest BCUT2D eigenvalue weighted by molar-refractivity contribution is 6.02. The first kappa shape index (κ1) is 20.9. The third-order valence-electron chi connectivity index (χ3n) is 3.04. The topological polar surface area (TPSA) is 35.5 Å². The zero-order valence-corrected chi connectivity index (χ0v) is 12.4. The molecule has 0 bridgehead atoms. The maximum Gasteiger partial charge on any atom is 0.460 e. The summed E-state index contributed by atoms with van der Waals surface area (Å²) in [4.78, 5) is 11.6. The minimum absolute atomic E-state index is 0.357. The Labute approximate surface area is 134 Å². The number of carbonyl (C=O) groups excluding carboxylic acids is 1. The second-order valence-electron chi connectivity index (χ2n) is 4.65. The van der Waals surface area contributed by atoms with Crippen molar-refractivity contribution < 1.29 is 53.8 Å². The van der Waals surface area contributed by atoms with Crippen LogP contribution in [-0.2, 0) is 0 Å². The predicted octanol–water partition coefficient (Wildman–Crippen LogP) is 4.35. The molecular formula is C13H9F9O3. The van der Waals surface area contributed by atoms with Gasteiger partial charge in [-0.15, -0.1) is 0 Å². The van der Waals surface area contributed by atoms with Gasteiger partial charge in [0.2, 0.25) is 5.78 Å². The molecule has 0 atom stereocenters. The normalized spacial score (nSPS) is 13.6. The second kappa shape index (κ2) is 6.30. The van der Waals surface area contributed by atoms with E-state index < -0.39 is 35.3 Å². The van der Waals surface area contributed by atoms with Crippen LogP contribution in [0.15, 0.2) is 18.2 Å². The maximum absolute atomic E-state index is 13.6. The number of Topliss-reactive ketones (excluding diaryl/α,β-unsaturated/α-hetero) is 1. The molecular weight excluding hydrogens is 375 g/mol. The number of halogens is 9. The van der Waals surface area contributed by atoms with Crippen LogP contribution in [0.5, 0.6) is 11.5 Å². The summed E-state index contributed by atoms with van der Waals surface area (Å²) in [6.45, 7) is 0. The zero-order valence-electron chi connectivity index (χ0n) is 12.4. The Kier molecular flexibility index (Phi) is 5.27. The van der Waals surface area contributed by atoms with E-state index in [1.807, 2.05) is 0 Å². The van der Waals surface area contributed by atoms with Crippen LogP contribution in [0.2, 0.25) is 0 Å². The first-order chi connectivity index (χ1) is 11.1. The highest BCUT2D eigenvalue weighted by atomic mass is 19.4. The number of hydrogen-bond acceptors (Lipinski definition) is 3. The molecule has 0 spiro atoms. The molecule has 0 N–H and O–H groups in total. The molecule has 12 heteroatoms. The minimum atomic E-state index is -7.15. The van der Waals surface area contributed by atoms with Crippen molar-refractivity contribution in [1.82, 2.24) is 0 Å². The highest BCUT2D eigenvalue weighted by Gasteiger charge is 2.83. The van der Waals surface area contributed by atoms with Gasteiger partial charge in [-0.1, -0.05) is 0 Å². The van der Waals surface area contributed by atoms with Crippen LogP contribution in [0.3, 0.4) is 0 Å². The molecule has 0 aliphatic rings. The first-order valence-electron chi connectivity index (χ1n) is 6.11. The van der Waals surface area contributed by atoms with Crippen molar-refractivity contribution in [2.75, 3.05) is 14.2 Å². The van der Waals surface area contributed by atoms with Gasteiger partial charge in [-0.3, -0.25) is 4.79 Å². The van der Waals surface area contributed by atoms with E-state index in [1.165, 1.54) is 0 Å². The molecule has 0 unspecified atom stereocenters. The minimum Gasteiger partial charge on any atom is -0.497 e. The number of hydrogen-bond donors (Lipinski definition) is 0. The Bertz CT molecular complexity index is 630. The fourth-order valence-corrected chi connectivity index (χ4v) is 1.64. The van der Waals surface area contributed by atoms with Crippen molar-refractivity contribution in [3.63, 3.8) is 0 Å². The molecule has 0 saturated carbocycles. The number of methoxy groups -OCH3 is 2. The second-order valence-corrected chi connectivity index (χ2v) is 4.65. The van der Waals surface area contributed by atoms with E-state index in [1.54, 1.807) is 0 Å². The zero-order chi connectivity index (χ0) is 19.8. The standard InChI is InChI=1S/C13H9F9O3/c1-24-7-3-6(4-8(5-7)25-2)9(23)10(14,15)11(16,17)12(18,19)13(20,21)22/h3-5H,1-2H3. The van der Waals surface area contributed by atoms with E-state index in [-0.39, 0.29) is 11.5 Å². The van der Waals surface area contributed by atoms with Crippen molar-refractivity contribution >= 4 is 5.78 Å². The number of benzene rings is 1. The fourth-order valence-electron chi connectivity index (χ4n) is 1.64. The molecule has 0 aromatic heterocycles. The van der Waals surface area contributed by atoms with Gasteiger partial charge >= 0.3 is 23.9 Å². The van der Waals surface area contributed by atoms with Crippen LogP contribution < -0.4 is 9.47 Å². The van der Waals surface area contributed by atoms with Gasteiger partial charge in [-0.2, -0.15) is 39.5 Å². The van der Waals surface area contributed by atoms with Gasteiger partial charge in [0, 0.05) is 11.6 Å². The summed E-state index contributed by atoms with van der Waals surface area (Å²) in [7, 11) is 1.99. The van der Waals surface area contributed by atoms with Crippen LogP contribution in [0.1, 0.15) is 10.4 Å². The van der Waals surface area contributed by atoms with E-state index in [4.69, 9.17) is 0 Å². The first-order valence-corrected chi connectivity index (χ1v) is 6.11. The lowest BCUT2D eigenvalue weighted by atomic mass is 9.95. The van der Waals surface area contributed by atoms with Crippen molar-refractivity contribution in [2.45, 2.75) is 23.9 Å². The molecule has 0 aliphatic heterocycles. The number of carbonyl (C=O) groups is 1. The van der Waals surface area contributed by atoms with Crippen molar-refractivity contribution in [3.8, 4) is 11.5 Å². The highest BCUT2D eigenvalue weighted by Crippen LogP contribution is 2.53. The molecule has 1 rings (SSSR count). The number of ketones is 1. The van der Waals surface area contributed by atoms with Crippen LogP contribution in [0.4, 0.5) is 39.5 Å². The fraction of sp³-hybridized carbons (Fsp3) is 0.462. The van der Waals surface area contributed by atoms with Gasteiger partial charge < -0.3 is 9.47 Å². The summed E-state index contributed by atoms with van der Waals surface area (Å²) in [6.07, 6.45) is -7.01. The van der Waals surface area contributed by atoms with Gasteiger partial charge in [-0.25, -0.2) is 0 Å². The van der Waals surface area contributed by atoms with Gasteiger partial charge in [0.25, 0.3) is 0 Å². The molecule has 0 heterocycles. The Morgan fingerprint density at radius 3 is 1.48 bits per heavy atom. The average Bonchev–Trinajstić information content (AvgIpc) is 2.51. The quantitative estimate of drug-likeness (QED) is 0.540. The van der Waals surface area contributed by atoms with E-state index in [9.17, 15) is 44.3 Å². The molecule has 0 saturated heterocycles. The Morgan fingerprint density at radius 1 is 0.760 bits per heavy atom. The molecule has 1 aromatic rings. The number of rotatable bonds is 6. The smallest absolute Gasteiger partial charge is 0.460 e. The third kappa shape index (κ3) is 3.33. The van der Waals surface area contributed by atoms with E-state index in [2.05, 4.69) is 9.47 Å². The molecule has 0 amide bonds. The molecule has 25 heavy (non-hydrogen) atoms. The van der Waals surface area contributed by atoms with Crippen LogP contribution in [0, 0.1) is 0 Å². The van der Waals surface area contributed by atoms with Crippen molar-refractivity contribution in [1.29, 1.82) is 0 Å². The largest absolute Gasteiger partial charge is 0.497 e. The van der Waals surface area contributed by atoms with Crippen molar-refractivity contribution in [3.05, 3.63) is 23.8 Å². The van der Waals surface area contributed by atoms with Gasteiger partial charge in [0.1, 0.15) is 11.5 Å². The summed E-state index contributed by atoms with van der Waals surface area (Å²) in [5.41, 5.74) is -1.31. The summed E-state index contributed by atoms with van der Waals surface area (Å²) in [6, 6.07) is 1.94. The van der Waals surface area contributed by atoms with E-state index >= 15 is 0 Å². The van der Waals surface area contributed by atoms with E-state index in [0.29, 0.717) is 12.1 Å². The molecule has 1 aromatic carbocycles. The van der Waals surface area contributed by atoms with E-state index in [0.717, 1.165) is 20.3 Å². The molecule has 0 aliphatic carbocycles. The van der Waals surface area contributed by atoms with Gasteiger partial charge in [-0.05, 0) is 12.1 Å². The lowest BCUT2D eigenvalue weighted by molar-refractivity contribution is -0.386. The molecule has 0 fully saturated rings. The summed E-state index contributed by atoms with van der Waals surface area (Å²) in [5, 5.41) is 0. The SMILES string of the molecule is COc1cc(OC)cc(C(=O)C(F)(F)C(F)(F)C(F)(F)C(F)(F)F)c1. The summed E-state index contributed by atoms with van der Waals surface area (Å²) < 4.78 is 125. The van der Waals surface area contributed by atoms with Crippen LogP contribution in [0.25, 0.3) is 0 Å². The van der Waals surface area contributed by atoms with Crippen LogP contribution >= 0.6 is 0 Å². The third-order valence-corrected chi connectivity index (χ3v) is 3.04. The average molecular weight is 384 g/mol. The van der Waals surface area contributed by atoms with Gasteiger partial charge in [0.15, 0.2) is 0 Å². The monoisotopic (exact) mass is 384 g/mol. The molecule has 0 radical (unpaired) electrons. The number of alkyl halides is 9. The maximum atomic E-state index is 13.6. The van der Waals surface area contributed by atoms with Crippen LogP contribution in [-0.4, -0.2) is 43.9 Å².